The van der Waals surface area contributed by atoms with E-state index in [1.807, 2.05) is 6.20 Å². The molecule has 178 valence electrons. The van der Waals surface area contributed by atoms with Crippen LogP contribution in [0, 0.1) is 0 Å². The lowest BCUT2D eigenvalue weighted by Crippen LogP contribution is -2.44. The van der Waals surface area contributed by atoms with Gasteiger partial charge in [-0.3, -0.25) is 9.47 Å². The molecule has 34 heavy (non-hydrogen) atoms. The molecule has 4 heterocycles. The largest absolute Gasteiger partial charge is 0.373 e. The van der Waals surface area contributed by atoms with Gasteiger partial charge >= 0.3 is 5.69 Å². The summed E-state index contributed by atoms with van der Waals surface area (Å²) in [4.78, 5) is 24.8. The van der Waals surface area contributed by atoms with Gasteiger partial charge in [0.05, 0.1) is 24.1 Å². The van der Waals surface area contributed by atoms with E-state index in [2.05, 4.69) is 79.9 Å². The van der Waals surface area contributed by atoms with Crippen molar-refractivity contribution in [3.05, 3.63) is 70.0 Å². The maximum atomic E-state index is 13.3. The quantitative estimate of drug-likeness (QED) is 0.465. The van der Waals surface area contributed by atoms with E-state index < -0.39 is 0 Å². The SMILES string of the molecule is C[C@@H]1CN(Cc2cnc3c(c2)c2ncnn2c(=O)n3Cc2ccc(C(C)(C)C)cc2)C[C@H](C)O1. The zero-order chi connectivity index (χ0) is 24.0. The van der Waals surface area contributed by atoms with Gasteiger partial charge in [0.1, 0.15) is 12.0 Å². The lowest BCUT2D eigenvalue weighted by molar-refractivity contribution is -0.0705. The first kappa shape index (κ1) is 22.7. The summed E-state index contributed by atoms with van der Waals surface area (Å²) in [5.41, 5.74) is 4.38. The van der Waals surface area contributed by atoms with Crippen molar-refractivity contribution in [1.29, 1.82) is 0 Å². The van der Waals surface area contributed by atoms with Crippen LogP contribution in [-0.2, 0) is 23.2 Å². The van der Waals surface area contributed by atoms with Crippen LogP contribution in [0.25, 0.3) is 16.7 Å². The Morgan fingerprint density at radius 2 is 1.68 bits per heavy atom. The highest BCUT2D eigenvalue weighted by Crippen LogP contribution is 2.23. The maximum Gasteiger partial charge on any atom is 0.352 e. The van der Waals surface area contributed by atoms with Crippen LogP contribution in [0.3, 0.4) is 0 Å². The van der Waals surface area contributed by atoms with Gasteiger partial charge in [0.25, 0.3) is 0 Å². The fraction of sp³-hybridized carbons (Fsp3) is 0.462. The first-order valence-corrected chi connectivity index (χ1v) is 11.9. The number of hydrogen-bond acceptors (Lipinski definition) is 6. The Bertz CT molecular complexity index is 1370. The average Bonchev–Trinajstić information content (AvgIpc) is 3.26. The molecule has 0 aliphatic carbocycles. The van der Waals surface area contributed by atoms with Crippen LogP contribution < -0.4 is 5.69 Å². The minimum absolute atomic E-state index is 0.0791. The third kappa shape index (κ3) is 4.35. The first-order valence-electron chi connectivity index (χ1n) is 11.9. The molecule has 1 fully saturated rings. The van der Waals surface area contributed by atoms with Gasteiger partial charge in [-0.1, -0.05) is 45.0 Å². The molecular weight excluding hydrogens is 428 g/mol. The molecule has 8 heteroatoms. The summed E-state index contributed by atoms with van der Waals surface area (Å²) in [6.07, 6.45) is 3.71. The fourth-order valence-corrected chi connectivity index (χ4v) is 4.84. The number of fused-ring (bicyclic) bond motifs is 3. The van der Waals surface area contributed by atoms with Crippen molar-refractivity contribution in [3.63, 3.8) is 0 Å². The molecule has 0 spiro atoms. The zero-order valence-corrected chi connectivity index (χ0v) is 20.5. The molecule has 0 amide bonds. The molecule has 1 saturated heterocycles. The van der Waals surface area contributed by atoms with Crippen LogP contribution in [0.1, 0.15) is 51.3 Å². The molecule has 3 aromatic heterocycles. The summed E-state index contributed by atoms with van der Waals surface area (Å²) in [6.45, 7) is 13.7. The average molecular weight is 461 g/mol. The number of nitrogens with zero attached hydrogens (tertiary/aromatic N) is 6. The van der Waals surface area contributed by atoms with Crippen LogP contribution in [-0.4, -0.2) is 54.3 Å². The van der Waals surface area contributed by atoms with Gasteiger partial charge in [0.2, 0.25) is 0 Å². The molecule has 5 rings (SSSR count). The standard InChI is InChI=1S/C26H32N6O2/c1-17-12-30(13-18(2)34-17)14-20-10-22-23(27-11-20)31(25(33)32-24(22)28-16-29-32)15-19-6-8-21(9-7-19)26(3,4)5/h6-11,16-18H,12-15H2,1-5H3/t17-,18+. The smallest absolute Gasteiger partial charge is 0.352 e. The molecule has 8 nitrogen and oxygen atoms in total. The molecule has 0 N–H and O–H groups in total. The summed E-state index contributed by atoms with van der Waals surface area (Å²) < 4.78 is 8.92. The summed E-state index contributed by atoms with van der Waals surface area (Å²) in [5.74, 6) is 0. The van der Waals surface area contributed by atoms with E-state index in [0.29, 0.717) is 17.8 Å². The van der Waals surface area contributed by atoms with Crippen LogP contribution >= 0.6 is 0 Å². The van der Waals surface area contributed by atoms with E-state index in [4.69, 9.17) is 9.72 Å². The number of hydrogen-bond donors (Lipinski definition) is 0. The molecule has 0 unspecified atom stereocenters. The Hall–Kier alpha value is -3.10. The fourth-order valence-electron chi connectivity index (χ4n) is 4.84. The van der Waals surface area contributed by atoms with Crippen molar-refractivity contribution in [3.8, 4) is 0 Å². The molecular formula is C26H32N6O2. The summed E-state index contributed by atoms with van der Waals surface area (Å²) in [5, 5.41) is 5.03. The maximum absolute atomic E-state index is 13.3. The van der Waals surface area contributed by atoms with Gasteiger partial charge in [0, 0.05) is 25.8 Å². The van der Waals surface area contributed by atoms with Crippen molar-refractivity contribution < 1.29 is 4.74 Å². The van der Waals surface area contributed by atoms with Gasteiger partial charge in [-0.2, -0.15) is 9.61 Å². The lowest BCUT2D eigenvalue weighted by atomic mass is 9.87. The van der Waals surface area contributed by atoms with Gasteiger partial charge in [-0.25, -0.2) is 14.8 Å². The second-order valence-electron chi connectivity index (χ2n) is 10.5. The van der Waals surface area contributed by atoms with E-state index in [1.54, 1.807) is 4.57 Å². The highest BCUT2D eigenvalue weighted by Gasteiger charge is 2.23. The normalized spacial score (nSPS) is 19.8. The number of benzene rings is 1. The number of aromatic nitrogens is 5. The van der Waals surface area contributed by atoms with Gasteiger partial charge in [-0.15, -0.1) is 0 Å². The highest BCUT2D eigenvalue weighted by atomic mass is 16.5. The lowest BCUT2D eigenvalue weighted by Gasteiger charge is -2.35. The van der Waals surface area contributed by atoms with E-state index in [0.717, 1.165) is 36.1 Å². The van der Waals surface area contributed by atoms with Gasteiger partial charge in [-0.05, 0) is 42.0 Å². The van der Waals surface area contributed by atoms with Crippen molar-refractivity contribution in [2.24, 2.45) is 0 Å². The predicted molar refractivity (Wildman–Crippen MR) is 132 cm³/mol. The van der Waals surface area contributed by atoms with E-state index in [-0.39, 0.29) is 23.3 Å². The molecule has 0 radical (unpaired) electrons. The molecule has 0 saturated carbocycles. The number of morpholine rings is 1. The van der Waals surface area contributed by atoms with Crippen molar-refractivity contribution in [1.82, 2.24) is 29.0 Å². The number of ether oxygens (including phenoxy) is 1. The van der Waals surface area contributed by atoms with Crippen LogP contribution in [0.15, 0.2) is 47.7 Å². The number of pyridine rings is 1. The Morgan fingerprint density at radius 3 is 2.35 bits per heavy atom. The summed E-state index contributed by atoms with van der Waals surface area (Å²) >= 11 is 0. The summed E-state index contributed by atoms with van der Waals surface area (Å²) in [7, 11) is 0. The molecule has 1 aromatic carbocycles. The number of rotatable bonds is 4. The molecule has 2 atom stereocenters. The highest BCUT2D eigenvalue weighted by molar-refractivity contribution is 5.89. The van der Waals surface area contributed by atoms with Crippen LogP contribution in [0.5, 0.6) is 0 Å². The Balaban J connectivity index is 1.53. The van der Waals surface area contributed by atoms with E-state index >= 15 is 0 Å². The molecule has 4 aromatic rings. The second kappa shape index (κ2) is 8.60. The van der Waals surface area contributed by atoms with Gasteiger partial charge in [0.15, 0.2) is 5.65 Å². The van der Waals surface area contributed by atoms with Crippen LogP contribution in [0.4, 0.5) is 0 Å². The minimum atomic E-state index is -0.240. The third-order valence-electron chi connectivity index (χ3n) is 6.44. The minimum Gasteiger partial charge on any atom is -0.373 e. The monoisotopic (exact) mass is 460 g/mol. The Kier molecular flexibility index (Phi) is 5.73. The van der Waals surface area contributed by atoms with E-state index in [9.17, 15) is 4.79 Å². The van der Waals surface area contributed by atoms with Crippen LogP contribution in [0.2, 0.25) is 0 Å². The van der Waals surface area contributed by atoms with Gasteiger partial charge < -0.3 is 4.74 Å². The second-order valence-corrected chi connectivity index (χ2v) is 10.5. The molecule has 1 aliphatic rings. The van der Waals surface area contributed by atoms with Crippen molar-refractivity contribution in [2.75, 3.05) is 13.1 Å². The Morgan fingerprint density at radius 1 is 0.971 bits per heavy atom. The third-order valence-corrected chi connectivity index (χ3v) is 6.44. The van der Waals surface area contributed by atoms with E-state index in [1.165, 1.54) is 16.4 Å². The summed E-state index contributed by atoms with van der Waals surface area (Å²) in [6, 6.07) is 10.5. The molecule has 1 aliphatic heterocycles. The topological polar surface area (TPSA) is 77.6 Å². The molecule has 0 bridgehead atoms. The first-order chi connectivity index (χ1) is 16.2. The zero-order valence-electron chi connectivity index (χ0n) is 20.5. The Labute approximate surface area is 199 Å². The van der Waals surface area contributed by atoms with Crippen molar-refractivity contribution >= 4 is 16.7 Å². The predicted octanol–water partition coefficient (Wildman–Crippen LogP) is 3.39. The van der Waals surface area contributed by atoms with Crippen molar-refractivity contribution in [2.45, 2.75) is 65.3 Å².